The summed E-state index contributed by atoms with van der Waals surface area (Å²) in [6, 6.07) is 0. The van der Waals surface area contributed by atoms with Gasteiger partial charge in [-0.15, -0.1) is 0 Å². The highest BCUT2D eigenvalue weighted by atomic mass is 16.6. The second-order valence-electron chi connectivity index (χ2n) is 5.53. The molecule has 0 spiro atoms. The van der Waals surface area contributed by atoms with Gasteiger partial charge in [-0.3, -0.25) is 9.69 Å². The van der Waals surface area contributed by atoms with Gasteiger partial charge in [-0.1, -0.05) is 0 Å². The van der Waals surface area contributed by atoms with Gasteiger partial charge in [-0.2, -0.15) is 0 Å². The molecule has 5 heteroatoms. The number of rotatable bonds is 3. The summed E-state index contributed by atoms with van der Waals surface area (Å²) in [4.78, 5) is 13.6. The van der Waals surface area contributed by atoms with Gasteiger partial charge < -0.3 is 14.6 Å². The molecule has 1 heterocycles. The van der Waals surface area contributed by atoms with Crippen LogP contribution in [0.4, 0.5) is 0 Å². The topological polar surface area (TPSA) is 59.0 Å². The van der Waals surface area contributed by atoms with E-state index in [0.29, 0.717) is 13.1 Å². The van der Waals surface area contributed by atoms with Crippen LogP contribution in [0.3, 0.4) is 0 Å². The van der Waals surface area contributed by atoms with E-state index >= 15 is 0 Å². The lowest BCUT2D eigenvalue weighted by Crippen LogP contribution is -2.50. The maximum Gasteiger partial charge on any atom is 0.320 e. The van der Waals surface area contributed by atoms with Crippen molar-refractivity contribution in [1.82, 2.24) is 4.90 Å². The molecule has 1 saturated heterocycles. The second kappa shape index (κ2) is 5.80. The Morgan fingerprint density at radius 2 is 2.12 bits per heavy atom. The first-order valence-electron chi connectivity index (χ1n) is 6.00. The fourth-order valence-corrected chi connectivity index (χ4v) is 1.93. The van der Waals surface area contributed by atoms with Crippen molar-refractivity contribution in [2.24, 2.45) is 0 Å². The molecule has 1 fully saturated rings. The Kier molecular flexibility index (Phi) is 4.91. The predicted molar refractivity (Wildman–Crippen MR) is 63.7 cm³/mol. The summed E-state index contributed by atoms with van der Waals surface area (Å²) in [6.45, 7) is 8.98. The number of hydrogen-bond acceptors (Lipinski definition) is 5. The van der Waals surface area contributed by atoms with Gasteiger partial charge in [0.15, 0.2) is 0 Å². The standard InChI is InChI=1S/C12H23NO4/c1-9-5-13(6-10(8-14)16-9)7-11(15)17-12(2,3)4/h9-10,14H,5-8H2,1-4H3. The molecule has 0 aromatic heterocycles. The molecule has 2 atom stereocenters. The molecule has 5 nitrogen and oxygen atoms in total. The molecular weight excluding hydrogens is 222 g/mol. The highest BCUT2D eigenvalue weighted by molar-refractivity contribution is 5.72. The molecule has 1 aliphatic rings. The van der Waals surface area contributed by atoms with Crippen molar-refractivity contribution in [3.63, 3.8) is 0 Å². The van der Waals surface area contributed by atoms with Crippen molar-refractivity contribution in [2.45, 2.75) is 45.5 Å². The Balaban J connectivity index is 2.42. The smallest absolute Gasteiger partial charge is 0.320 e. The number of carbonyl (C=O) groups is 1. The molecule has 1 rings (SSSR count). The van der Waals surface area contributed by atoms with Crippen LogP contribution in [0.25, 0.3) is 0 Å². The largest absolute Gasteiger partial charge is 0.459 e. The van der Waals surface area contributed by atoms with Crippen molar-refractivity contribution in [3.05, 3.63) is 0 Å². The van der Waals surface area contributed by atoms with Crippen molar-refractivity contribution < 1.29 is 19.4 Å². The number of ether oxygens (including phenoxy) is 2. The Hall–Kier alpha value is -0.650. The molecule has 0 bridgehead atoms. The van der Waals surface area contributed by atoms with Gasteiger partial charge in [0.25, 0.3) is 0 Å². The molecule has 0 saturated carbocycles. The zero-order valence-corrected chi connectivity index (χ0v) is 11.1. The first kappa shape index (κ1) is 14.4. The summed E-state index contributed by atoms with van der Waals surface area (Å²) in [7, 11) is 0. The van der Waals surface area contributed by atoms with E-state index in [4.69, 9.17) is 14.6 Å². The van der Waals surface area contributed by atoms with E-state index in [1.807, 2.05) is 32.6 Å². The first-order chi connectivity index (χ1) is 7.80. The molecule has 0 amide bonds. The zero-order valence-electron chi connectivity index (χ0n) is 11.1. The van der Waals surface area contributed by atoms with Crippen LogP contribution in [0, 0.1) is 0 Å². The van der Waals surface area contributed by atoms with Crippen LogP contribution in [-0.2, 0) is 14.3 Å². The summed E-state index contributed by atoms with van der Waals surface area (Å²) >= 11 is 0. The second-order valence-corrected chi connectivity index (χ2v) is 5.53. The Labute approximate surface area is 103 Å². The number of nitrogens with zero attached hydrogens (tertiary/aromatic N) is 1. The highest BCUT2D eigenvalue weighted by Gasteiger charge is 2.27. The molecule has 0 aromatic rings. The van der Waals surface area contributed by atoms with Gasteiger partial charge in [0.1, 0.15) is 5.60 Å². The molecule has 1 aliphatic heterocycles. The van der Waals surface area contributed by atoms with Gasteiger partial charge in [0, 0.05) is 13.1 Å². The van der Waals surface area contributed by atoms with E-state index in [9.17, 15) is 4.79 Å². The minimum atomic E-state index is -0.453. The fourth-order valence-electron chi connectivity index (χ4n) is 1.93. The molecule has 100 valence electrons. The van der Waals surface area contributed by atoms with Crippen LogP contribution in [0.2, 0.25) is 0 Å². The first-order valence-corrected chi connectivity index (χ1v) is 6.00. The third-order valence-electron chi connectivity index (χ3n) is 2.38. The average Bonchev–Trinajstić information content (AvgIpc) is 2.13. The van der Waals surface area contributed by atoms with Gasteiger partial charge in [0.2, 0.25) is 0 Å². The molecule has 1 N–H and O–H groups in total. The van der Waals surface area contributed by atoms with E-state index in [-0.39, 0.29) is 31.3 Å². The summed E-state index contributed by atoms with van der Waals surface area (Å²) in [5.41, 5.74) is -0.453. The van der Waals surface area contributed by atoms with Crippen molar-refractivity contribution in [2.75, 3.05) is 26.2 Å². The van der Waals surface area contributed by atoms with Gasteiger partial charge >= 0.3 is 5.97 Å². The molecule has 17 heavy (non-hydrogen) atoms. The van der Waals surface area contributed by atoms with E-state index in [1.165, 1.54) is 0 Å². The molecule has 0 aromatic carbocycles. The molecule has 2 unspecified atom stereocenters. The predicted octanol–water partition coefficient (Wildman–Crippen LogP) is 0.410. The van der Waals surface area contributed by atoms with Crippen molar-refractivity contribution in [3.8, 4) is 0 Å². The Morgan fingerprint density at radius 3 is 2.65 bits per heavy atom. The van der Waals surface area contributed by atoms with E-state index < -0.39 is 5.60 Å². The lowest BCUT2D eigenvalue weighted by atomic mass is 10.2. The lowest BCUT2D eigenvalue weighted by molar-refractivity contribution is -0.160. The number of carbonyl (C=O) groups excluding carboxylic acids is 1. The summed E-state index contributed by atoms with van der Waals surface area (Å²) in [6.07, 6.45) is -0.176. The summed E-state index contributed by atoms with van der Waals surface area (Å²) in [5.74, 6) is -0.233. The lowest BCUT2D eigenvalue weighted by Gasteiger charge is -2.35. The van der Waals surface area contributed by atoms with E-state index in [1.54, 1.807) is 0 Å². The highest BCUT2D eigenvalue weighted by Crippen LogP contribution is 2.12. The van der Waals surface area contributed by atoms with E-state index in [0.717, 1.165) is 0 Å². The molecule has 0 aliphatic carbocycles. The monoisotopic (exact) mass is 245 g/mol. The zero-order chi connectivity index (χ0) is 13.1. The average molecular weight is 245 g/mol. The molecular formula is C12H23NO4. The number of esters is 1. The minimum absolute atomic E-state index is 0.0187. The number of morpholine rings is 1. The van der Waals surface area contributed by atoms with Gasteiger partial charge in [-0.05, 0) is 27.7 Å². The SMILES string of the molecule is CC1CN(CC(=O)OC(C)(C)C)CC(CO)O1. The van der Waals surface area contributed by atoms with Gasteiger partial charge in [-0.25, -0.2) is 0 Å². The number of hydrogen-bond donors (Lipinski definition) is 1. The van der Waals surface area contributed by atoms with Crippen LogP contribution in [-0.4, -0.2) is 60.0 Å². The number of aliphatic hydroxyl groups excluding tert-OH is 1. The summed E-state index contributed by atoms with van der Waals surface area (Å²) in [5, 5.41) is 9.08. The fraction of sp³-hybridized carbons (Fsp3) is 0.917. The maximum absolute atomic E-state index is 11.7. The Bertz CT molecular complexity index is 262. The van der Waals surface area contributed by atoms with Gasteiger partial charge in [0.05, 0.1) is 25.4 Å². The van der Waals surface area contributed by atoms with Crippen molar-refractivity contribution >= 4 is 5.97 Å². The third-order valence-corrected chi connectivity index (χ3v) is 2.38. The van der Waals surface area contributed by atoms with Crippen LogP contribution < -0.4 is 0 Å². The Morgan fingerprint density at radius 1 is 1.47 bits per heavy atom. The quantitative estimate of drug-likeness (QED) is 0.730. The summed E-state index contributed by atoms with van der Waals surface area (Å²) < 4.78 is 10.8. The molecule has 0 radical (unpaired) electrons. The van der Waals surface area contributed by atoms with Crippen LogP contribution in [0.1, 0.15) is 27.7 Å². The van der Waals surface area contributed by atoms with Crippen LogP contribution in [0.5, 0.6) is 0 Å². The number of aliphatic hydroxyl groups is 1. The van der Waals surface area contributed by atoms with Crippen LogP contribution >= 0.6 is 0 Å². The van der Waals surface area contributed by atoms with Crippen LogP contribution in [0.15, 0.2) is 0 Å². The maximum atomic E-state index is 11.7. The normalized spacial score (nSPS) is 26.9. The van der Waals surface area contributed by atoms with Crippen molar-refractivity contribution in [1.29, 1.82) is 0 Å². The minimum Gasteiger partial charge on any atom is -0.459 e. The van der Waals surface area contributed by atoms with E-state index in [2.05, 4.69) is 0 Å². The third kappa shape index (κ3) is 5.48.